The van der Waals surface area contributed by atoms with E-state index < -0.39 is 10.0 Å². The Morgan fingerprint density at radius 3 is 2.32 bits per heavy atom. The molecule has 0 unspecified atom stereocenters. The molecule has 1 aliphatic rings. The Labute approximate surface area is 183 Å². The topological polar surface area (TPSA) is 66.5 Å². The molecule has 3 aromatic carbocycles. The average molecular weight is 435 g/mol. The second kappa shape index (κ2) is 8.55. The third-order valence-corrected chi connectivity index (χ3v) is 7.66. The van der Waals surface area contributed by atoms with Crippen LogP contribution >= 0.6 is 0 Å². The van der Waals surface area contributed by atoms with E-state index in [-0.39, 0.29) is 16.8 Å². The number of hydrogen-bond donors (Lipinski definition) is 1. The Hall–Kier alpha value is -3.12. The smallest absolute Gasteiger partial charge is 0.264 e. The molecule has 0 spiro atoms. The van der Waals surface area contributed by atoms with E-state index in [4.69, 9.17) is 0 Å². The van der Waals surface area contributed by atoms with E-state index in [0.29, 0.717) is 11.3 Å². The van der Waals surface area contributed by atoms with Gasteiger partial charge in [0.15, 0.2) is 0 Å². The van der Waals surface area contributed by atoms with Gasteiger partial charge in [0.2, 0.25) is 0 Å². The van der Waals surface area contributed by atoms with Crippen LogP contribution in [0.2, 0.25) is 0 Å². The molecule has 160 valence electrons. The zero-order chi connectivity index (χ0) is 22.0. The minimum Gasteiger partial charge on any atom is -0.346 e. The largest absolute Gasteiger partial charge is 0.346 e. The molecule has 6 heteroatoms. The highest BCUT2D eigenvalue weighted by atomic mass is 32.2. The number of anilines is 1. The first-order chi connectivity index (χ1) is 14.9. The highest BCUT2D eigenvalue weighted by Crippen LogP contribution is 2.26. The lowest BCUT2D eigenvalue weighted by molar-refractivity contribution is 0.0940. The molecule has 3 aromatic rings. The van der Waals surface area contributed by atoms with Crippen molar-refractivity contribution in [3.63, 3.8) is 0 Å². The maximum Gasteiger partial charge on any atom is 0.264 e. The minimum atomic E-state index is -3.65. The van der Waals surface area contributed by atoms with E-state index in [0.717, 1.165) is 18.4 Å². The van der Waals surface area contributed by atoms with Crippen molar-refractivity contribution in [3.8, 4) is 0 Å². The minimum absolute atomic E-state index is 0.112. The molecule has 0 aromatic heterocycles. The van der Waals surface area contributed by atoms with E-state index in [1.165, 1.54) is 28.9 Å². The van der Waals surface area contributed by atoms with Crippen LogP contribution in [0.3, 0.4) is 0 Å². The SMILES string of the molecule is C[C@@H](NC(=O)c1ccc(N(C)S(=O)(=O)c2ccccc2)cc1)c1ccc2c(c1)CCC2. The van der Waals surface area contributed by atoms with E-state index in [1.807, 2.05) is 6.92 Å². The van der Waals surface area contributed by atoms with Crippen LogP contribution in [-0.2, 0) is 22.9 Å². The van der Waals surface area contributed by atoms with Gasteiger partial charge in [-0.25, -0.2) is 8.42 Å². The van der Waals surface area contributed by atoms with Crippen molar-refractivity contribution in [2.24, 2.45) is 0 Å². The van der Waals surface area contributed by atoms with E-state index in [2.05, 4.69) is 23.5 Å². The molecule has 1 aliphatic carbocycles. The van der Waals surface area contributed by atoms with E-state index in [1.54, 1.807) is 54.6 Å². The summed E-state index contributed by atoms with van der Waals surface area (Å²) in [5.74, 6) is -0.187. The fourth-order valence-corrected chi connectivity index (χ4v) is 5.15. The summed E-state index contributed by atoms with van der Waals surface area (Å²) in [7, 11) is -2.15. The lowest BCUT2D eigenvalue weighted by atomic mass is 10.0. The Morgan fingerprint density at radius 1 is 0.935 bits per heavy atom. The Bertz CT molecular complexity index is 1190. The van der Waals surface area contributed by atoms with Gasteiger partial charge in [0.25, 0.3) is 15.9 Å². The Morgan fingerprint density at radius 2 is 1.61 bits per heavy atom. The number of carbonyl (C=O) groups is 1. The second-order valence-electron chi connectivity index (χ2n) is 7.91. The van der Waals surface area contributed by atoms with Crippen molar-refractivity contribution in [2.75, 3.05) is 11.4 Å². The predicted molar refractivity (Wildman–Crippen MR) is 123 cm³/mol. The number of benzene rings is 3. The van der Waals surface area contributed by atoms with Crippen LogP contribution in [0, 0.1) is 0 Å². The number of nitrogens with one attached hydrogen (secondary N) is 1. The van der Waals surface area contributed by atoms with Crippen molar-refractivity contribution in [1.82, 2.24) is 5.32 Å². The number of rotatable bonds is 6. The lowest BCUT2D eigenvalue weighted by Gasteiger charge is -2.20. The first-order valence-corrected chi connectivity index (χ1v) is 11.9. The second-order valence-corrected chi connectivity index (χ2v) is 9.88. The summed E-state index contributed by atoms with van der Waals surface area (Å²) >= 11 is 0. The number of nitrogens with zero attached hydrogens (tertiary/aromatic N) is 1. The van der Waals surface area contributed by atoms with Gasteiger partial charge in [0.1, 0.15) is 0 Å². The lowest BCUT2D eigenvalue weighted by Crippen LogP contribution is -2.28. The summed E-state index contributed by atoms with van der Waals surface area (Å²) in [5.41, 5.74) is 4.87. The first-order valence-electron chi connectivity index (χ1n) is 10.4. The normalized spacial score (nSPS) is 14.0. The van der Waals surface area contributed by atoms with Gasteiger partial charge in [0.05, 0.1) is 16.6 Å². The number of sulfonamides is 1. The zero-order valence-electron chi connectivity index (χ0n) is 17.7. The third-order valence-electron chi connectivity index (χ3n) is 5.86. The Kier molecular flexibility index (Phi) is 5.83. The molecule has 0 bridgehead atoms. The van der Waals surface area contributed by atoms with Crippen LogP contribution in [0.25, 0.3) is 0 Å². The van der Waals surface area contributed by atoms with Crippen LogP contribution in [0.1, 0.15) is 46.4 Å². The summed E-state index contributed by atoms with van der Waals surface area (Å²) in [6, 6.07) is 21.2. The van der Waals surface area contributed by atoms with Crippen molar-refractivity contribution < 1.29 is 13.2 Å². The molecular weight excluding hydrogens is 408 g/mol. The highest BCUT2D eigenvalue weighted by molar-refractivity contribution is 7.92. The van der Waals surface area contributed by atoms with Crippen molar-refractivity contribution in [3.05, 3.63) is 95.1 Å². The quantitative estimate of drug-likeness (QED) is 0.622. The molecule has 0 fully saturated rings. The molecule has 1 N–H and O–H groups in total. The van der Waals surface area contributed by atoms with Crippen LogP contribution < -0.4 is 9.62 Å². The standard InChI is InChI=1S/C25H26N2O3S/c1-18(21-12-11-19-7-6-8-22(19)17-21)26-25(28)20-13-15-23(16-14-20)27(2)31(29,30)24-9-4-3-5-10-24/h3-5,9-18H,6-8H2,1-2H3,(H,26,28)/t18-/m1/s1. The van der Waals surface area contributed by atoms with Crippen LogP contribution in [0.4, 0.5) is 5.69 Å². The average Bonchev–Trinajstić information content (AvgIpc) is 3.27. The molecule has 1 amide bonds. The monoisotopic (exact) mass is 434 g/mol. The molecule has 31 heavy (non-hydrogen) atoms. The van der Waals surface area contributed by atoms with Gasteiger partial charge in [-0.05, 0) is 79.3 Å². The number of fused-ring (bicyclic) bond motifs is 1. The summed E-state index contributed by atoms with van der Waals surface area (Å²) < 4.78 is 26.8. The first kappa shape index (κ1) is 21.1. The molecule has 5 nitrogen and oxygen atoms in total. The fourth-order valence-electron chi connectivity index (χ4n) is 3.94. The molecule has 0 aliphatic heterocycles. The molecular formula is C25H26N2O3S. The number of aryl methyl sites for hydroxylation is 2. The Balaban J connectivity index is 1.46. The van der Waals surface area contributed by atoms with Crippen molar-refractivity contribution in [1.29, 1.82) is 0 Å². The number of hydrogen-bond acceptors (Lipinski definition) is 3. The van der Waals surface area contributed by atoms with E-state index in [9.17, 15) is 13.2 Å². The van der Waals surface area contributed by atoms with Crippen LogP contribution in [0.15, 0.2) is 77.7 Å². The summed E-state index contributed by atoms with van der Waals surface area (Å²) in [4.78, 5) is 12.9. The van der Waals surface area contributed by atoms with E-state index >= 15 is 0 Å². The maximum atomic E-state index is 12.8. The van der Waals surface area contributed by atoms with Gasteiger partial charge in [-0.1, -0.05) is 36.4 Å². The summed E-state index contributed by atoms with van der Waals surface area (Å²) in [5, 5.41) is 3.04. The molecule has 0 heterocycles. The van der Waals surface area contributed by atoms with Crippen LogP contribution in [-0.4, -0.2) is 21.4 Å². The number of amides is 1. The van der Waals surface area contributed by atoms with Gasteiger partial charge >= 0.3 is 0 Å². The highest BCUT2D eigenvalue weighted by Gasteiger charge is 2.21. The molecule has 0 saturated heterocycles. The maximum absolute atomic E-state index is 12.8. The van der Waals surface area contributed by atoms with Crippen molar-refractivity contribution >= 4 is 21.6 Å². The molecule has 4 rings (SSSR count). The predicted octanol–water partition coefficient (Wildman–Crippen LogP) is 4.49. The molecule has 0 saturated carbocycles. The fraction of sp³-hybridized carbons (Fsp3) is 0.240. The summed E-state index contributed by atoms with van der Waals surface area (Å²) in [6.45, 7) is 1.98. The summed E-state index contributed by atoms with van der Waals surface area (Å²) in [6.07, 6.45) is 3.43. The van der Waals surface area contributed by atoms with Crippen LogP contribution in [0.5, 0.6) is 0 Å². The van der Waals surface area contributed by atoms with Gasteiger partial charge < -0.3 is 5.32 Å². The zero-order valence-corrected chi connectivity index (χ0v) is 18.5. The molecule has 1 atom stereocenters. The van der Waals surface area contributed by atoms with Gasteiger partial charge in [-0.15, -0.1) is 0 Å². The number of carbonyl (C=O) groups excluding carboxylic acids is 1. The van der Waals surface area contributed by atoms with Gasteiger partial charge in [-0.3, -0.25) is 9.10 Å². The van der Waals surface area contributed by atoms with Crippen molar-refractivity contribution in [2.45, 2.75) is 37.1 Å². The third kappa shape index (κ3) is 4.35. The van der Waals surface area contributed by atoms with Gasteiger partial charge in [0, 0.05) is 12.6 Å². The molecule has 0 radical (unpaired) electrons. The van der Waals surface area contributed by atoms with Gasteiger partial charge in [-0.2, -0.15) is 0 Å².